The third-order valence-electron chi connectivity index (χ3n) is 2.88. The molecular weight excluding hydrogens is 344 g/mol. The van der Waals surface area contributed by atoms with Gasteiger partial charge in [0, 0.05) is 24.6 Å². The number of ether oxygens (including phenoxy) is 1. The molecule has 2 aromatic rings. The summed E-state index contributed by atoms with van der Waals surface area (Å²) in [6.07, 6.45) is 1.82. The molecule has 0 amide bonds. The zero-order chi connectivity index (χ0) is 14.5. The van der Waals surface area contributed by atoms with Gasteiger partial charge in [-0.25, -0.2) is 0 Å². The number of aryl methyl sites for hydroxylation is 1. The van der Waals surface area contributed by atoms with Gasteiger partial charge in [-0.3, -0.25) is 4.79 Å². The van der Waals surface area contributed by atoms with Crippen LogP contribution >= 0.6 is 0 Å². The normalized spacial score (nSPS) is 10.1. The average molecular weight is 358 g/mol. The summed E-state index contributed by atoms with van der Waals surface area (Å²) in [6.45, 7) is -0.742. The Hall–Kier alpha value is -1.82. The lowest BCUT2D eigenvalue weighted by atomic mass is 10.1. The van der Waals surface area contributed by atoms with Crippen LogP contribution in [0.4, 0.5) is 8.78 Å². The molecule has 3 nitrogen and oxygen atoms in total. The predicted molar refractivity (Wildman–Crippen MR) is 68.8 cm³/mol. The fraction of sp³-hybridized carbons (Fsp3) is 0.200. The van der Waals surface area contributed by atoms with Crippen molar-refractivity contribution in [3.63, 3.8) is 0 Å². The van der Waals surface area contributed by atoms with Crippen molar-refractivity contribution < 1.29 is 39.9 Å². The monoisotopic (exact) mass is 357 g/mol. The molecule has 112 valence electrons. The smallest absolute Gasteiger partial charge is 0.387 e. The van der Waals surface area contributed by atoms with Crippen molar-refractivity contribution in [1.29, 1.82) is 0 Å². The van der Waals surface area contributed by atoms with Crippen LogP contribution < -0.4 is 26.3 Å². The maximum Gasteiger partial charge on any atom is 0.387 e. The summed E-state index contributed by atoms with van der Waals surface area (Å²) in [4.78, 5) is 12.1. The Kier molecular flexibility index (Phi) is 6.42. The third kappa shape index (κ3) is 4.90. The highest BCUT2D eigenvalue weighted by molar-refractivity contribution is 5.95. The number of carbonyl (C=O) groups excluding carboxylic acids is 1. The molecule has 0 spiro atoms. The number of alkyl halides is 2. The maximum atomic E-state index is 12.1. The third-order valence-corrected chi connectivity index (χ3v) is 2.88. The van der Waals surface area contributed by atoms with Crippen LogP contribution in [-0.4, -0.2) is 12.4 Å². The van der Waals surface area contributed by atoms with Crippen molar-refractivity contribution >= 4 is 5.78 Å². The first kappa shape index (κ1) is 17.2. The van der Waals surface area contributed by atoms with Gasteiger partial charge in [-0.2, -0.15) is 13.3 Å². The van der Waals surface area contributed by atoms with E-state index < -0.39 is 6.61 Å². The molecule has 0 aliphatic carbocycles. The molecule has 0 unspecified atom stereocenters. The summed E-state index contributed by atoms with van der Waals surface area (Å²) < 4.78 is 30.1. The van der Waals surface area contributed by atoms with Crippen molar-refractivity contribution in [1.82, 2.24) is 0 Å². The number of hydrogen-bond acceptors (Lipinski definition) is 2. The molecule has 1 aromatic heterocycles. The number of Topliss-reactive ketones (excluding diaryl/α,β-unsaturated/α-hetero) is 1. The molecule has 0 fully saturated rings. The maximum absolute atomic E-state index is 12.1. The molecule has 0 atom stereocenters. The Morgan fingerprint density at radius 1 is 1.19 bits per heavy atom. The minimum absolute atomic E-state index is 0. The highest BCUT2D eigenvalue weighted by Crippen LogP contribution is 2.15. The van der Waals surface area contributed by atoms with E-state index in [0.29, 0.717) is 5.56 Å². The molecule has 0 aliphatic rings. The number of nitrogens with zero attached hydrogens (tertiary/aromatic N) is 1. The largest absolute Gasteiger partial charge is 1.00 e. The Bertz CT molecular complexity index is 603. The highest BCUT2D eigenvalue weighted by Gasteiger charge is 2.14. The second kappa shape index (κ2) is 7.83. The van der Waals surface area contributed by atoms with Crippen LogP contribution in [0.3, 0.4) is 0 Å². The summed E-state index contributed by atoms with van der Waals surface area (Å²) in [5.74, 6) is -0.0482. The molecule has 0 bridgehead atoms. The summed E-state index contributed by atoms with van der Waals surface area (Å²) in [7, 11) is 0. The van der Waals surface area contributed by atoms with E-state index in [0.717, 1.165) is 5.69 Å². The predicted octanol–water partition coefficient (Wildman–Crippen LogP) is -0.229. The summed E-state index contributed by atoms with van der Waals surface area (Å²) in [6, 6.07) is 11.3. The zero-order valence-electron chi connectivity index (χ0n) is 11.3. The van der Waals surface area contributed by atoms with E-state index in [4.69, 9.17) is 0 Å². The van der Waals surface area contributed by atoms with Gasteiger partial charge >= 0.3 is 6.61 Å². The molecule has 1 heterocycles. The zero-order valence-corrected chi connectivity index (χ0v) is 12.9. The van der Waals surface area contributed by atoms with E-state index in [1.54, 1.807) is 0 Å². The Morgan fingerprint density at radius 2 is 1.86 bits per heavy atom. The van der Waals surface area contributed by atoms with E-state index in [1.807, 2.05) is 35.9 Å². The average Bonchev–Trinajstić information content (AvgIpc) is 2.41. The van der Waals surface area contributed by atoms with Crippen molar-refractivity contribution in [2.45, 2.75) is 20.1 Å². The number of rotatable bonds is 5. The standard InChI is InChI=1S/C15H14F2NO2.BrH/c1-11-4-2-3-9-18(11)10-14(19)12-5-7-13(8-6-12)20-15(16)17;/h2-9,15H,10H2,1H3;1H/q+1;/p-1. The molecule has 0 radical (unpaired) electrons. The molecule has 1 aromatic carbocycles. The fourth-order valence-corrected chi connectivity index (χ4v) is 1.81. The first-order valence-corrected chi connectivity index (χ1v) is 6.09. The van der Waals surface area contributed by atoms with E-state index in [9.17, 15) is 13.6 Å². The van der Waals surface area contributed by atoms with Crippen LogP contribution in [0.1, 0.15) is 16.1 Å². The van der Waals surface area contributed by atoms with Gasteiger partial charge in [0.05, 0.1) is 0 Å². The fourth-order valence-electron chi connectivity index (χ4n) is 1.81. The Balaban J connectivity index is 0.00000220. The quantitative estimate of drug-likeness (QED) is 0.546. The van der Waals surface area contributed by atoms with Crippen LogP contribution in [0.5, 0.6) is 5.75 Å². The van der Waals surface area contributed by atoms with Gasteiger partial charge in [-0.15, -0.1) is 0 Å². The highest BCUT2D eigenvalue weighted by atomic mass is 79.9. The number of aromatic nitrogens is 1. The van der Waals surface area contributed by atoms with Crippen LogP contribution in [0.25, 0.3) is 0 Å². The summed E-state index contributed by atoms with van der Waals surface area (Å²) >= 11 is 0. The first-order valence-electron chi connectivity index (χ1n) is 6.09. The van der Waals surface area contributed by atoms with E-state index in [1.165, 1.54) is 24.3 Å². The lowest BCUT2D eigenvalue weighted by molar-refractivity contribution is -0.689. The minimum atomic E-state index is -2.86. The van der Waals surface area contributed by atoms with Crippen molar-refractivity contribution in [2.75, 3.05) is 0 Å². The minimum Gasteiger partial charge on any atom is -1.00 e. The molecule has 0 aliphatic heterocycles. The van der Waals surface area contributed by atoms with Gasteiger partial charge in [-0.05, 0) is 24.3 Å². The van der Waals surface area contributed by atoms with Gasteiger partial charge in [0.1, 0.15) is 5.75 Å². The molecule has 0 saturated heterocycles. The molecule has 21 heavy (non-hydrogen) atoms. The molecule has 0 saturated carbocycles. The SMILES string of the molecule is Cc1cccc[n+]1CC(=O)c1ccc(OC(F)F)cc1.[Br-]. The van der Waals surface area contributed by atoms with Gasteiger partial charge < -0.3 is 21.7 Å². The Labute approximate surface area is 131 Å². The lowest BCUT2D eigenvalue weighted by Gasteiger charge is -2.05. The number of hydrogen-bond donors (Lipinski definition) is 0. The lowest BCUT2D eigenvalue weighted by Crippen LogP contribution is -3.00. The summed E-state index contributed by atoms with van der Waals surface area (Å²) in [5.41, 5.74) is 1.43. The topological polar surface area (TPSA) is 30.2 Å². The van der Waals surface area contributed by atoms with Crippen LogP contribution in [0.15, 0.2) is 48.7 Å². The molecule has 0 N–H and O–H groups in total. The van der Waals surface area contributed by atoms with Crippen LogP contribution in [0.2, 0.25) is 0 Å². The second-order valence-corrected chi connectivity index (χ2v) is 4.30. The number of pyridine rings is 1. The van der Waals surface area contributed by atoms with Crippen molar-refractivity contribution in [3.05, 3.63) is 59.9 Å². The van der Waals surface area contributed by atoms with Gasteiger partial charge in [0.15, 0.2) is 11.9 Å². The van der Waals surface area contributed by atoms with Crippen LogP contribution in [0, 0.1) is 6.92 Å². The van der Waals surface area contributed by atoms with Crippen LogP contribution in [-0.2, 0) is 6.54 Å². The molecule has 6 heteroatoms. The van der Waals surface area contributed by atoms with Gasteiger partial charge in [0.25, 0.3) is 0 Å². The van der Waals surface area contributed by atoms with E-state index >= 15 is 0 Å². The van der Waals surface area contributed by atoms with Crippen molar-refractivity contribution in [3.8, 4) is 5.75 Å². The number of benzene rings is 1. The Morgan fingerprint density at radius 3 is 2.43 bits per heavy atom. The number of ketones is 1. The van der Waals surface area contributed by atoms with E-state index in [2.05, 4.69) is 4.74 Å². The summed E-state index contributed by atoms with van der Waals surface area (Å²) in [5, 5.41) is 0. The van der Waals surface area contributed by atoms with Crippen molar-refractivity contribution in [2.24, 2.45) is 0 Å². The van der Waals surface area contributed by atoms with E-state index in [-0.39, 0.29) is 35.1 Å². The molecular formula is C15H14BrF2NO2. The second-order valence-electron chi connectivity index (χ2n) is 4.30. The first-order chi connectivity index (χ1) is 9.56. The van der Waals surface area contributed by atoms with Gasteiger partial charge in [-0.1, -0.05) is 6.07 Å². The number of carbonyl (C=O) groups is 1. The van der Waals surface area contributed by atoms with Gasteiger partial charge in [0.2, 0.25) is 12.3 Å². The molecule has 2 rings (SSSR count). The number of halogens is 3.